The molecule has 0 spiro atoms. The monoisotopic (exact) mass is 298 g/mol. The highest BCUT2D eigenvalue weighted by Crippen LogP contribution is 2.17. The Labute approximate surface area is 127 Å². The maximum Gasteiger partial charge on any atom is 0.336 e. The molecule has 2 N–H and O–H groups in total. The molecule has 0 heterocycles. The fourth-order valence-electron chi connectivity index (χ4n) is 1.92. The topological polar surface area (TPSA) is 83.8 Å². The summed E-state index contributed by atoms with van der Waals surface area (Å²) in [6.07, 6.45) is 3.39. The number of ether oxygens (including phenoxy) is 1. The van der Waals surface area contributed by atoms with Gasteiger partial charge in [-0.1, -0.05) is 30.4 Å². The maximum absolute atomic E-state index is 11.2. The summed E-state index contributed by atoms with van der Waals surface area (Å²) in [4.78, 5) is 22.2. The van der Waals surface area contributed by atoms with Crippen molar-refractivity contribution in [3.63, 3.8) is 0 Å². The summed E-state index contributed by atoms with van der Waals surface area (Å²) in [6.45, 7) is 0. The molecule has 0 unspecified atom stereocenters. The van der Waals surface area contributed by atoms with E-state index in [0.29, 0.717) is 5.56 Å². The van der Waals surface area contributed by atoms with E-state index in [1.54, 1.807) is 31.4 Å². The van der Waals surface area contributed by atoms with Gasteiger partial charge in [0, 0.05) is 0 Å². The molecule has 2 aromatic rings. The van der Waals surface area contributed by atoms with Crippen LogP contribution in [-0.2, 0) is 0 Å². The molecule has 0 aromatic heterocycles. The van der Waals surface area contributed by atoms with E-state index in [4.69, 9.17) is 9.84 Å². The number of rotatable bonds is 5. The first-order chi connectivity index (χ1) is 10.5. The molecule has 0 aliphatic rings. The average molecular weight is 298 g/mol. The number of benzene rings is 2. The number of carboxylic acid groups (broad SMARTS) is 2. The Morgan fingerprint density at radius 3 is 2.18 bits per heavy atom. The van der Waals surface area contributed by atoms with Crippen LogP contribution in [0, 0.1) is 0 Å². The van der Waals surface area contributed by atoms with E-state index in [9.17, 15) is 14.7 Å². The molecule has 0 saturated heterocycles. The van der Waals surface area contributed by atoms with E-state index >= 15 is 0 Å². The van der Waals surface area contributed by atoms with Gasteiger partial charge >= 0.3 is 11.9 Å². The van der Waals surface area contributed by atoms with Crippen molar-refractivity contribution in [2.75, 3.05) is 7.11 Å². The molecule has 0 radical (unpaired) electrons. The lowest BCUT2D eigenvalue weighted by Crippen LogP contribution is -2.04. The average Bonchev–Trinajstić information content (AvgIpc) is 2.53. The molecule has 22 heavy (non-hydrogen) atoms. The Balaban J connectivity index is 2.33. The number of carbonyl (C=O) groups is 2. The standard InChI is InChI=1S/C17H14O5/c1-22-14-8-3-11(4-9-14)2-5-12-6-7-13(16(18)19)10-15(12)17(20)21/h2-10H,1H3,(H,18,19)(H,20,21)/b5-2+. The summed E-state index contributed by atoms with van der Waals surface area (Å²) >= 11 is 0. The normalized spacial score (nSPS) is 10.6. The lowest BCUT2D eigenvalue weighted by molar-refractivity contribution is 0.0695. The minimum absolute atomic E-state index is 0.0512. The molecule has 0 bridgehead atoms. The summed E-state index contributed by atoms with van der Waals surface area (Å²) < 4.78 is 5.06. The summed E-state index contributed by atoms with van der Waals surface area (Å²) in [6, 6.07) is 11.3. The van der Waals surface area contributed by atoms with Crippen LogP contribution >= 0.6 is 0 Å². The molecule has 112 valence electrons. The van der Waals surface area contributed by atoms with Gasteiger partial charge in [-0.2, -0.15) is 0 Å². The number of hydrogen-bond acceptors (Lipinski definition) is 3. The van der Waals surface area contributed by atoms with Crippen LogP contribution in [0.15, 0.2) is 42.5 Å². The summed E-state index contributed by atoms with van der Waals surface area (Å²) in [5.74, 6) is -1.60. The number of methoxy groups -OCH3 is 1. The molecule has 0 amide bonds. The zero-order chi connectivity index (χ0) is 16.1. The van der Waals surface area contributed by atoms with Crippen LogP contribution in [0.2, 0.25) is 0 Å². The smallest absolute Gasteiger partial charge is 0.336 e. The fraction of sp³-hybridized carbons (Fsp3) is 0.0588. The second-order valence-corrected chi connectivity index (χ2v) is 4.52. The number of carboxylic acids is 2. The van der Waals surface area contributed by atoms with Crippen LogP contribution in [-0.4, -0.2) is 29.3 Å². The Morgan fingerprint density at radius 1 is 0.955 bits per heavy atom. The predicted molar refractivity (Wildman–Crippen MR) is 82.3 cm³/mol. The summed E-state index contributed by atoms with van der Waals surface area (Å²) in [5, 5.41) is 18.1. The van der Waals surface area contributed by atoms with Crippen molar-refractivity contribution in [2.24, 2.45) is 0 Å². The highest BCUT2D eigenvalue weighted by Gasteiger charge is 2.12. The molecule has 0 aliphatic carbocycles. The Kier molecular flexibility index (Phi) is 4.58. The van der Waals surface area contributed by atoms with Gasteiger partial charge in [0.05, 0.1) is 18.2 Å². The van der Waals surface area contributed by atoms with Crippen LogP contribution in [0.25, 0.3) is 12.2 Å². The van der Waals surface area contributed by atoms with Crippen molar-refractivity contribution >= 4 is 24.1 Å². The third kappa shape index (κ3) is 3.52. The quantitative estimate of drug-likeness (QED) is 0.828. The fourth-order valence-corrected chi connectivity index (χ4v) is 1.92. The lowest BCUT2D eigenvalue weighted by atomic mass is 10.0. The van der Waals surface area contributed by atoms with Crippen LogP contribution in [0.1, 0.15) is 31.8 Å². The minimum atomic E-state index is -1.17. The summed E-state index contributed by atoms with van der Waals surface area (Å²) in [7, 11) is 1.58. The van der Waals surface area contributed by atoms with Crippen molar-refractivity contribution < 1.29 is 24.5 Å². The van der Waals surface area contributed by atoms with Gasteiger partial charge in [-0.25, -0.2) is 9.59 Å². The first-order valence-corrected chi connectivity index (χ1v) is 6.44. The predicted octanol–water partition coefficient (Wildman–Crippen LogP) is 3.26. The van der Waals surface area contributed by atoms with Crippen LogP contribution in [0.3, 0.4) is 0 Å². The second-order valence-electron chi connectivity index (χ2n) is 4.52. The molecule has 5 heteroatoms. The first kappa shape index (κ1) is 15.3. The molecular weight excluding hydrogens is 284 g/mol. The van der Waals surface area contributed by atoms with Crippen LogP contribution in [0.4, 0.5) is 0 Å². The highest BCUT2D eigenvalue weighted by molar-refractivity contribution is 5.97. The SMILES string of the molecule is COc1ccc(/C=C/c2ccc(C(=O)O)cc2C(=O)O)cc1. The van der Waals surface area contributed by atoms with E-state index in [0.717, 1.165) is 17.4 Å². The van der Waals surface area contributed by atoms with Crippen LogP contribution in [0.5, 0.6) is 5.75 Å². The van der Waals surface area contributed by atoms with E-state index in [1.807, 2.05) is 12.1 Å². The minimum Gasteiger partial charge on any atom is -0.497 e. The molecule has 0 aliphatic heterocycles. The van der Waals surface area contributed by atoms with E-state index < -0.39 is 11.9 Å². The third-order valence-electron chi connectivity index (χ3n) is 3.10. The molecular formula is C17H14O5. The van der Waals surface area contributed by atoms with Gasteiger partial charge in [-0.15, -0.1) is 0 Å². The Morgan fingerprint density at radius 2 is 1.64 bits per heavy atom. The summed E-state index contributed by atoms with van der Waals surface area (Å²) in [5.41, 5.74) is 1.21. The van der Waals surface area contributed by atoms with Crippen molar-refractivity contribution in [1.29, 1.82) is 0 Å². The molecule has 2 rings (SSSR count). The van der Waals surface area contributed by atoms with Gasteiger partial charge in [-0.3, -0.25) is 0 Å². The van der Waals surface area contributed by atoms with Gasteiger partial charge in [0.2, 0.25) is 0 Å². The van der Waals surface area contributed by atoms with Crippen molar-refractivity contribution in [3.05, 3.63) is 64.7 Å². The molecule has 0 fully saturated rings. The van der Waals surface area contributed by atoms with Crippen LogP contribution < -0.4 is 4.74 Å². The van der Waals surface area contributed by atoms with Gasteiger partial charge in [0.25, 0.3) is 0 Å². The van der Waals surface area contributed by atoms with Gasteiger partial charge in [0.15, 0.2) is 0 Å². The molecule has 2 aromatic carbocycles. The number of hydrogen-bond donors (Lipinski definition) is 2. The van der Waals surface area contributed by atoms with Crippen molar-refractivity contribution in [3.8, 4) is 5.75 Å². The third-order valence-corrected chi connectivity index (χ3v) is 3.10. The van der Waals surface area contributed by atoms with E-state index in [1.165, 1.54) is 12.1 Å². The van der Waals surface area contributed by atoms with Gasteiger partial charge in [-0.05, 0) is 35.4 Å². The molecule has 0 saturated carbocycles. The second kappa shape index (κ2) is 6.58. The maximum atomic E-state index is 11.2. The first-order valence-electron chi connectivity index (χ1n) is 6.44. The van der Waals surface area contributed by atoms with Gasteiger partial charge < -0.3 is 14.9 Å². The number of aromatic carboxylic acids is 2. The largest absolute Gasteiger partial charge is 0.497 e. The van der Waals surface area contributed by atoms with Crippen molar-refractivity contribution in [2.45, 2.75) is 0 Å². The highest BCUT2D eigenvalue weighted by atomic mass is 16.5. The zero-order valence-corrected chi connectivity index (χ0v) is 11.8. The van der Waals surface area contributed by atoms with Gasteiger partial charge in [0.1, 0.15) is 5.75 Å². The van der Waals surface area contributed by atoms with E-state index in [2.05, 4.69) is 0 Å². The van der Waals surface area contributed by atoms with E-state index in [-0.39, 0.29) is 11.1 Å². The van der Waals surface area contributed by atoms with Crippen molar-refractivity contribution in [1.82, 2.24) is 0 Å². The Bertz CT molecular complexity index is 729. The molecule has 0 atom stereocenters. The zero-order valence-electron chi connectivity index (χ0n) is 11.8. The molecule has 5 nitrogen and oxygen atoms in total. The Hall–Kier alpha value is -3.08. The lowest BCUT2D eigenvalue weighted by Gasteiger charge is -2.03.